The Kier molecular flexibility index (Phi) is 7.55. The molecule has 0 saturated carbocycles. The zero-order valence-electron chi connectivity index (χ0n) is 18.1. The first-order valence-corrected chi connectivity index (χ1v) is 10.3. The van der Waals surface area contributed by atoms with Crippen molar-refractivity contribution in [2.24, 2.45) is 0 Å². The number of urea groups is 1. The van der Waals surface area contributed by atoms with E-state index in [0.29, 0.717) is 24.1 Å². The molecular formula is C22H28N6O3. The van der Waals surface area contributed by atoms with Crippen molar-refractivity contribution in [3.63, 3.8) is 0 Å². The predicted octanol–water partition coefficient (Wildman–Crippen LogP) is 2.01. The number of anilines is 1. The number of ether oxygens (including phenoxy) is 1. The van der Waals surface area contributed by atoms with E-state index in [9.17, 15) is 9.59 Å². The highest BCUT2D eigenvalue weighted by Crippen LogP contribution is 2.19. The number of benzene rings is 1. The van der Waals surface area contributed by atoms with Gasteiger partial charge in [-0.2, -0.15) is 4.98 Å². The highest BCUT2D eigenvalue weighted by Gasteiger charge is 2.23. The normalized spacial score (nSPS) is 14.6. The van der Waals surface area contributed by atoms with E-state index in [1.165, 1.54) is 6.08 Å². The van der Waals surface area contributed by atoms with Crippen molar-refractivity contribution in [3.8, 4) is 5.88 Å². The maximum Gasteiger partial charge on any atom is 0.326 e. The number of nitrogens with zero attached hydrogens (tertiary/aromatic N) is 4. The molecule has 3 amide bonds. The van der Waals surface area contributed by atoms with Gasteiger partial charge in [0.15, 0.2) is 0 Å². The average molecular weight is 425 g/mol. The molecule has 1 aliphatic rings. The first kappa shape index (κ1) is 22.2. The molecule has 0 radical (unpaired) electrons. The first-order valence-electron chi connectivity index (χ1n) is 10.3. The lowest BCUT2D eigenvalue weighted by atomic mass is 10.2. The Morgan fingerprint density at radius 3 is 2.42 bits per heavy atom. The number of carbonyl (C=O) groups excluding carboxylic acids is 2. The van der Waals surface area contributed by atoms with Gasteiger partial charge in [0.2, 0.25) is 11.8 Å². The predicted molar refractivity (Wildman–Crippen MR) is 119 cm³/mol. The number of amides is 3. The molecule has 164 valence electrons. The molecule has 1 fully saturated rings. The van der Waals surface area contributed by atoms with Crippen LogP contribution in [0, 0.1) is 0 Å². The standard InChI is InChI=1S/C22H28N6O3/c1-4-28(5-2)12-11-27(3)21-23-17(13-18-20(29)26-22(30)24-18)14-19(25-21)31-15-16-9-7-6-8-10-16/h6-10,13-14H,4-5,11-12,15H2,1-3H3,(H2,24,26,29,30)/b18-13-. The van der Waals surface area contributed by atoms with E-state index >= 15 is 0 Å². The number of rotatable bonds is 10. The molecule has 1 aromatic carbocycles. The molecule has 0 unspecified atom stereocenters. The van der Waals surface area contributed by atoms with Gasteiger partial charge in [0.25, 0.3) is 5.91 Å². The van der Waals surface area contributed by atoms with Crippen LogP contribution in [0.2, 0.25) is 0 Å². The summed E-state index contributed by atoms with van der Waals surface area (Å²) in [4.78, 5) is 36.7. The molecule has 1 saturated heterocycles. The second-order valence-corrected chi connectivity index (χ2v) is 7.12. The average Bonchev–Trinajstić information content (AvgIpc) is 3.09. The fourth-order valence-corrected chi connectivity index (χ4v) is 3.04. The largest absolute Gasteiger partial charge is 0.473 e. The van der Waals surface area contributed by atoms with Crippen LogP contribution < -0.4 is 20.3 Å². The van der Waals surface area contributed by atoms with E-state index in [1.54, 1.807) is 6.07 Å². The Hall–Kier alpha value is -3.46. The third kappa shape index (κ3) is 6.26. The second-order valence-electron chi connectivity index (χ2n) is 7.12. The van der Waals surface area contributed by atoms with Gasteiger partial charge in [-0.25, -0.2) is 9.78 Å². The molecule has 31 heavy (non-hydrogen) atoms. The van der Waals surface area contributed by atoms with Gasteiger partial charge in [-0.05, 0) is 24.7 Å². The molecule has 9 heteroatoms. The minimum Gasteiger partial charge on any atom is -0.473 e. The molecule has 3 rings (SSSR count). The van der Waals surface area contributed by atoms with Gasteiger partial charge in [-0.15, -0.1) is 0 Å². The summed E-state index contributed by atoms with van der Waals surface area (Å²) in [7, 11) is 1.92. The Balaban J connectivity index is 1.83. The van der Waals surface area contributed by atoms with E-state index in [4.69, 9.17) is 4.74 Å². The molecule has 2 aromatic rings. The third-order valence-electron chi connectivity index (χ3n) is 4.94. The van der Waals surface area contributed by atoms with Crippen molar-refractivity contribution >= 4 is 24.0 Å². The van der Waals surface area contributed by atoms with Gasteiger partial charge >= 0.3 is 6.03 Å². The smallest absolute Gasteiger partial charge is 0.326 e. The lowest BCUT2D eigenvalue weighted by molar-refractivity contribution is -0.115. The highest BCUT2D eigenvalue weighted by atomic mass is 16.5. The van der Waals surface area contributed by atoms with Crippen LogP contribution in [0.3, 0.4) is 0 Å². The van der Waals surface area contributed by atoms with E-state index in [1.807, 2.05) is 42.3 Å². The van der Waals surface area contributed by atoms with Gasteiger partial charge in [-0.3, -0.25) is 10.1 Å². The van der Waals surface area contributed by atoms with Gasteiger partial charge in [0.05, 0.1) is 5.69 Å². The van der Waals surface area contributed by atoms with Crippen LogP contribution in [0.25, 0.3) is 6.08 Å². The fourth-order valence-electron chi connectivity index (χ4n) is 3.04. The summed E-state index contributed by atoms with van der Waals surface area (Å²) in [5.41, 5.74) is 1.62. The van der Waals surface area contributed by atoms with Crippen molar-refractivity contribution < 1.29 is 14.3 Å². The number of aromatic nitrogens is 2. The van der Waals surface area contributed by atoms with E-state index < -0.39 is 11.9 Å². The van der Waals surface area contributed by atoms with Crippen molar-refractivity contribution in [3.05, 3.63) is 53.4 Å². The first-order chi connectivity index (χ1) is 15.0. The second kappa shape index (κ2) is 10.5. The lowest BCUT2D eigenvalue weighted by Crippen LogP contribution is -2.33. The summed E-state index contributed by atoms with van der Waals surface area (Å²) >= 11 is 0. The highest BCUT2D eigenvalue weighted by molar-refractivity contribution is 6.13. The van der Waals surface area contributed by atoms with Crippen LogP contribution in [0.4, 0.5) is 10.7 Å². The molecule has 2 N–H and O–H groups in total. The van der Waals surface area contributed by atoms with E-state index in [-0.39, 0.29) is 5.70 Å². The summed E-state index contributed by atoms with van der Waals surface area (Å²) in [6.45, 7) is 8.16. The Labute approximate surface area is 182 Å². The maximum absolute atomic E-state index is 11.9. The number of imide groups is 1. The summed E-state index contributed by atoms with van der Waals surface area (Å²) in [5.74, 6) is 0.376. The van der Waals surface area contributed by atoms with Gasteiger partial charge in [-0.1, -0.05) is 44.2 Å². The summed E-state index contributed by atoms with van der Waals surface area (Å²) in [5, 5.41) is 4.66. The minimum atomic E-state index is -0.553. The number of hydrogen-bond donors (Lipinski definition) is 2. The van der Waals surface area contributed by atoms with Gasteiger partial charge in [0.1, 0.15) is 12.3 Å². The van der Waals surface area contributed by atoms with Crippen LogP contribution in [0.1, 0.15) is 25.1 Å². The number of carbonyl (C=O) groups is 2. The number of likely N-dealkylation sites (N-methyl/N-ethyl adjacent to an activating group) is 2. The van der Waals surface area contributed by atoms with Crippen molar-refractivity contribution in [2.75, 3.05) is 38.1 Å². The zero-order valence-corrected chi connectivity index (χ0v) is 18.1. The Bertz CT molecular complexity index is 944. The molecular weight excluding hydrogens is 396 g/mol. The van der Waals surface area contributed by atoms with Crippen molar-refractivity contribution in [1.82, 2.24) is 25.5 Å². The van der Waals surface area contributed by atoms with Crippen LogP contribution >= 0.6 is 0 Å². The number of hydrogen-bond acceptors (Lipinski definition) is 7. The van der Waals surface area contributed by atoms with E-state index in [0.717, 1.165) is 31.7 Å². The molecule has 0 aliphatic carbocycles. The summed E-state index contributed by atoms with van der Waals surface area (Å²) in [6.07, 6.45) is 1.51. The van der Waals surface area contributed by atoms with Crippen LogP contribution in [-0.4, -0.2) is 60.0 Å². The SMILES string of the molecule is CCN(CC)CCN(C)c1nc(/C=C2\NC(=O)NC2=O)cc(OCc2ccccc2)n1. The minimum absolute atomic E-state index is 0.134. The Morgan fingerprint density at radius 1 is 1.03 bits per heavy atom. The fraction of sp³-hybridized carbons (Fsp3) is 0.364. The number of nitrogens with one attached hydrogen (secondary N) is 2. The molecule has 1 aromatic heterocycles. The van der Waals surface area contributed by atoms with Gasteiger partial charge < -0.3 is 19.9 Å². The lowest BCUT2D eigenvalue weighted by Gasteiger charge is -2.23. The zero-order chi connectivity index (χ0) is 22.2. The van der Waals surface area contributed by atoms with Crippen LogP contribution in [0.5, 0.6) is 5.88 Å². The third-order valence-corrected chi connectivity index (χ3v) is 4.94. The molecule has 0 spiro atoms. The van der Waals surface area contributed by atoms with Crippen molar-refractivity contribution in [1.29, 1.82) is 0 Å². The molecule has 1 aliphatic heterocycles. The Morgan fingerprint density at radius 2 is 1.77 bits per heavy atom. The summed E-state index contributed by atoms with van der Waals surface area (Å²) < 4.78 is 5.90. The van der Waals surface area contributed by atoms with Crippen LogP contribution in [0.15, 0.2) is 42.1 Å². The summed E-state index contributed by atoms with van der Waals surface area (Å²) in [6, 6.07) is 10.9. The maximum atomic E-state index is 11.9. The molecule has 0 bridgehead atoms. The monoisotopic (exact) mass is 424 g/mol. The van der Waals surface area contributed by atoms with Gasteiger partial charge in [0, 0.05) is 26.2 Å². The topological polar surface area (TPSA) is 99.7 Å². The van der Waals surface area contributed by atoms with Crippen LogP contribution in [-0.2, 0) is 11.4 Å². The molecule has 9 nitrogen and oxygen atoms in total. The molecule has 0 atom stereocenters. The van der Waals surface area contributed by atoms with Crippen molar-refractivity contribution in [2.45, 2.75) is 20.5 Å². The van der Waals surface area contributed by atoms with E-state index in [2.05, 4.69) is 39.3 Å². The quantitative estimate of drug-likeness (QED) is 0.445. The molecule has 2 heterocycles.